The minimum absolute atomic E-state index is 0.142. The van der Waals surface area contributed by atoms with Gasteiger partial charge in [0, 0.05) is 24.8 Å². The predicted molar refractivity (Wildman–Crippen MR) is 50.6 cm³/mol. The van der Waals surface area contributed by atoms with E-state index in [1.807, 2.05) is 13.0 Å². The Hall–Kier alpha value is -1.09. The van der Waals surface area contributed by atoms with Gasteiger partial charge in [0.15, 0.2) is 0 Å². The molecule has 0 fully saturated rings. The summed E-state index contributed by atoms with van der Waals surface area (Å²) in [6.07, 6.45) is 2.30. The highest BCUT2D eigenvalue weighted by Gasteiger charge is 2.02. The van der Waals surface area contributed by atoms with Crippen molar-refractivity contribution in [2.45, 2.75) is 13.3 Å². The van der Waals surface area contributed by atoms with Crippen molar-refractivity contribution < 1.29 is 9.84 Å². The molecule has 0 atom stereocenters. The zero-order chi connectivity index (χ0) is 9.68. The van der Waals surface area contributed by atoms with Crippen LogP contribution in [0.2, 0.25) is 0 Å². The molecule has 0 aromatic carbocycles. The summed E-state index contributed by atoms with van der Waals surface area (Å²) in [7, 11) is 0. The van der Waals surface area contributed by atoms with Crippen LogP contribution in [0.5, 0.6) is 5.88 Å². The van der Waals surface area contributed by atoms with Crippen molar-refractivity contribution in [2.75, 3.05) is 13.2 Å². The Morgan fingerprint density at radius 2 is 2.38 bits per heavy atom. The van der Waals surface area contributed by atoms with E-state index in [-0.39, 0.29) is 6.61 Å². The van der Waals surface area contributed by atoms with Crippen LogP contribution in [0.15, 0.2) is 12.3 Å². The normalized spacial score (nSPS) is 10.1. The molecule has 71 valence electrons. The number of pyridine rings is 1. The van der Waals surface area contributed by atoms with Gasteiger partial charge < -0.3 is 9.84 Å². The molecule has 3 nitrogen and oxygen atoms in total. The minimum atomic E-state index is 0.142. The number of ether oxygens (including phenoxy) is 1. The Morgan fingerprint density at radius 1 is 1.62 bits per heavy atom. The summed E-state index contributed by atoms with van der Waals surface area (Å²) in [5.41, 5.74) is 1.88. The van der Waals surface area contributed by atoms with Crippen molar-refractivity contribution in [3.63, 3.8) is 0 Å². The summed E-state index contributed by atoms with van der Waals surface area (Å²) in [6, 6.07) is 1.84. The van der Waals surface area contributed by atoms with Gasteiger partial charge >= 0.3 is 0 Å². The summed E-state index contributed by atoms with van der Waals surface area (Å²) in [4.78, 5) is 4.07. The maximum atomic E-state index is 8.56. The highest BCUT2D eigenvalue weighted by molar-refractivity contribution is 5.34. The molecule has 1 rings (SSSR count). The molecule has 0 aliphatic carbocycles. The van der Waals surface area contributed by atoms with Crippen molar-refractivity contribution in [3.05, 3.63) is 30.3 Å². The second-order valence-electron chi connectivity index (χ2n) is 2.83. The van der Waals surface area contributed by atoms with Crippen molar-refractivity contribution >= 4 is 0 Å². The molecular weight excluding hydrogens is 166 g/mol. The standard InChI is InChI=1S/C10H14NO2/c1-8-4-5-11-10(9(8)2)13-7-3-6-12/h4-5,12H,1,3,6-7H2,2H3. The zero-order valence-corrected chi connectivity index (χ0v) is 7.79. The van der Waals surface area contributed by atoms with E-state index in [4.69, 9.17) is 9.84 Å². The van der Waals surface area contributed by atoms with Gasteiger partial charge in [-0.05, 0) is 25.5 Å². The van der Waals surface area contributed by atoms with Gasteiger partial charge in [0.2, 0.25) is 5.88 Å². The highest BCUT2D eigenvalue weighted by atomic mass is 16.5. The van der Waals surface area contributed by atoms with Gasteiger partial charge in [-0.1, -0.05) is 0 Å². The molecule has 0 saturated carbocycles. The fourth-order valence-electron chi connectivity index (χ4n) is 0.933. The molecule has 0 saturated heterocycles. The van der Waals surface area contributed by atoms with E-state index < -0.39 is 0 Å². The zero-order valence-electron chi connectivity index (χ0n) is 7.79. The largest absolute Gasteiger partial charge is 0.477 e. The topological polar surface area (TPSA) is 42.4 Å². The van der Waals surface area contributed by atoms with Crippen LogP contribution in [-0.2, 0) is 0 Å². The van der Waals surface area contributed by atoms with Crippen LogP contribution in [0, 0.1) is 13.8 Å². The monoisotopic (exact) mass is 180 g/mol. The van der Waals surface area contributed by atoms with Crippen LogP contribution < -0.4 is 4.74 Å². The number of aliphatic hydroxyl groups is 1. The Bertz CT molecular complexity index is 274. The van der Waals surface area contributed by atoms with Gasteiger partial charge in [0.1, 0.15) is 0 Å². The molecule has 0 amide bonds. The third-order valence-electron chi connectivity index (χ3n) is 1.81. The Kier molecular flexibility index (Phi) is 3.71. The molecule has 1 N–H and O–H groups in total. The van der Waals surface area contributed by atoms with Gasteiger partial charge in [-0.2, -0.15) is 0 Å². The van der Waals surface area contributed by atoms with E-state index in [9.17, 15) is 0 Å². The third kappa shape index (κ3) is 2.70. The molecule has 1 heterocycles. The van der Waals surface area contributed by atoms with Gasteiger partial charge in [0.05, 0.1) is 6.61 Å². The van der Waals surface area contributed by atoms with Crippen LogP contribution in [0.1, 0.15) is 17.5 Å². The number of rotatable bonds is 4. The number of aromatic nitrogens is 1. The second kappa shape index (κ2) is 4.82. The average molecular weight is 180 g/mol. The fraction of sp³-hybridized carbons (Fsp3) is 0.400. The first-order valence-electron chi connectivity index (χ1n) is 4.27. The summed E-state index contributed by atoms with van der Waals surface area (Å²) in [6.45, 7) is 6.40. The molecule has 13 heavy (non-hydrogen) atoms. The molecule has 0 bridgehead atoms. The Balaban J connectivity index is 2.61. The number of aliphatic hydroxyl groups excluding tert-OH is 1. The van der Waals surface area contributed by atoms with Crippen LogP contribution in [0.25, 0.3) is 0 Å². The SMILES string of the molecule is [CH2]c1ccnc(OCCCO)c1C. The summed E-state index contributed by atoms with van der Waals surface area (Å²) >= 11 is 0. The van der Waals surface area contributed by atoms with E-state index in [0.29, 0.717) is 18.9 Å². The smallest absolute Gasteiger partial charge is 0.216 e. The molecule has 1 aromatic heterocycles. The fourth-order valence-corrected chi connectivity index (χ4v) is 0.933. The first-order chi connectivity index (χ1) is 6.25. The molecule has 3 heteroatoms. The quantitative estimate of drug-likeness (QED) is 0.711. The van der Waals surface area contributed by atoms with Crippen LogP contribution >= 0.6 is 0 Å². The minimum Gasteiger partial charge on any atom is -0.477 e. The first kappa shape index (κ1) is 9.99. The lowest BCUT2D eigenvalue weighted by molar-refractivity contribution is 0.228. The van der Waals surface area contributed by atoms with Crippen LogP contribution in [-0.4, -0.2) is 23.3 Å². The van der Waals surface area contributed by atoms with E-state index >= 15 is 0 Å². The van der Waals surface area contributed by atoms with Crippen molar-refractivity contribution in [1.82, 2.24) is 4.98 Å². The van der Waals surface area contributed by atoms with E-state index in [1.165, 1.54) is 0 Å². The van der Waals surface area contributed by atoms with Gasteiger partial charge in [-0.25, -0.2) is 4.98 Å². The van der Waals surface area contributed by atoms with Crippen LogP contribution in [0.3, 0.4) is 0 Å². The van der Waals surface area contributed by atoms with E-state index in [1.54, 1.807) is 6.20 Å². The van der Waals surface area contributed by atoms with Crippen molar-refractivity contribution in [3.8, 4) is 5.88 Å². The Labute approximate surface area is 78.4 Å². The molecule has 1 aromatic rings. The maximum Gasteiger partial charge on any atom is 0.216 e. The Morgan fingerprint density at radius 3 is 3.08 bits per heavy atom. The summed E-state index contributed by atoms with van der Waals surface area (Å²) in [5, 5.41) is 8.56. The van der Waals surface area contributed by atoms with Crippen molar-refractivity contribution in [2.24, 2.45) is 0 Å². The molecule has 1 radical (unpaired) electrons. The maximum absolute atomic E-state index is 8.56. The van der Waals surface area contributed by atoms with Gasteiger partial charge in [-0.15, -0.1) is 0 Å². The van der Waals surface area contributed by atoms with Crippen molar-refractivity contribution in [1.29, 1.82) is 0 Å². The van der Waals surface area contributed by atoms with E-state index in [2.05, 4.69) is 11.9 Å². The average Bonchev–Trinajstić information content (AvgIpc) is 2.13. The van der Waals surface area contributed by atoms with E-state index in [0.717, 1.165) is 11.1 Å². The lowest BCUT2D eigenvalue weighted by atomic mass is 10.2. The van der Waals surface area contributed by atoms with Gasteiger partial charge in [0.25, 0.3) is 0 Å². The predicted octanol–water partition coefficient (Wildman–Crippen LogP) is 1.33. The van der Waals surface area contributed by atoms with Crippen LogP contribution in [0.4, 0.5) is 0 Å². The summed E-state index contributed by atoms with van der Waals surface area (Å²) in [5.74, 6) is 0.612. The lowest BCUT2D eigenvalue weighted by Gasteiger charge is -2.08. The van der Waals surface area contributed by atoms with Gasteiger partial charge in [-0.3, -0.25) is 0 Å². The molecule has 0 spiro atoms. The molecular formula is C10H14NO2. The number of nitrogens with zero attached hydrogens (tertiary/aromatic N) is 1. The lowest BCUT2D eigenvalue weighted by Crippen LogP contribution is -2.03. The molecule has 0 aliphatic heterocycles. The third-order valence-corrected chi connectivity index (χ3v) is 1.81. The second-order valence-corrected chi connectivity index (χ2v) is 2.83. The first-order valence-corrected chi connectivity index (χ1v) is 4.27. The number of hydrogen-bond acceptors (Lipinski definition) is 3. The molecule has 0 unspecified atom stereocenters. The summed E-state index contributed by atoms with van der Waals surface area (Å²) < 4.78 is 5.35. The number of hydrogen-bond donors (Lipinski definition) is 1. The highest BCUT2D eigenvalue weighted by Crippen LogP contribution is 2.16. The molecule has 0 aliphatic rings.